The molecular formula is C25H27ClFN3O3. The molecule has 33 heavy (non-hydrogen) atoms. The molecule has 0 saturated heterocycles. The van der Waals surface area contributed by atoms with Gasteiger partial charge < -0.3 is 19.5 Å². The van der Waals surface area contributed by atoms with Crippen molar-refractivity contribution in [3.8, 4) is 0 Å². The zero-order chi connectivity index (χ0) is 23.6. The van der Waals surface area contributed by atoms with E-state index in [-0.39, 0.29) is 17.5 Å². The lowest BCUT2D eigenvalue weighted by molar-refractivity contribution is -0.132. The summed E-state index contributed by atoms with van der Waals surface area (Å²) < 4.78 is 18.9. The molecule has 0 aliphatic heterocycles. The van der Waals surface area contributed by atoms with Gasteiger partial charge in [-0.25, -0.2) is 9.18 Å². The fraction of sp³-hybridized carbons (Fsp3) is 0.280. The lowest BCUT2D eigenvalue weighted by Gasteiger charge is -2.27. The third-order valence-corrected chi connectivity index (χ3v) is 5.36. The van der Waals surface area contributed by atoms with E-state index in [1.807, 2.05) is 43.3 Å². The molecule has 6 nitrogen and oxygen atoms in total. The summed E-state index contributed by atoms with van der Waals surface area (Å²) in [7, 11) is 0. The van der Waals surface area contributed by atoms with Gasteiger partial charge in [-0.1, -0.05) is 48.9 Å². The standard InChI is InChI=1S/C25H27ClFN3O3/c1-2-13-30(25(32)28-20-10-11-23(27)22(26)16-20)18-24(31)29(17-21-9-6-15-33-21)14-12-19-7-4-3-5-8-19/h3-11,15-16H,2,12-14,17-18H2,1H3,(H,28,32). The van der Waals surface area contributed by atoms with Crippen molar-refractivity contribution in [3.63, 3.8) is 0 Å². The van der Waals surface area contributed by atoms with Gasteiger partial charge in [0.15, 0.2) is 0 Å². The van der Waals surface area contributed by atoms with Crippen LogP contribution in [0.2, 0.25) is 5.02 Å². The third kappa shape index (κ3) is 7.36. The van der Waals surface area contributed by atoms with Crippen LogP contribution in [0.4, 0.5) is 14.9 Å². The van der Waals surface area contributed by atoms with E-state index in [2.05, 4.69) is 5.32 Å². The fourth-order valence-electron chi connectivity index (χ4n) is 3.35. The minimum Gasteiger partial charge on any atom is -0.467 e. The minimum atomic E-state index is -0.567. The molecule has 2 aromatic carbocycles. The summed E-state index contributed by atoms with van der Waals surface area (Å²) in [6, 6.07) is 17.0. The van der Waals surface area contributed by atoms with Gasteiger partial charge in [-0.15, -0.1) is 0 Å². The van der Waals surface area contributed by atoms with Crippen LogP contribution < -0.4 is 5.32 Å². The van der Waals surface area contributed by atoms with Crippen molar-refractivity contribution in [3.05, 3.63) is 89.1 Å². The number of anilines is 1. The number of rotatable bonds is 10. The molecule has 8 heteroatoms. The maximum atomic E-state index is 13.4. The quantitative estimate of drug-likeness (QED) is 0.419. The van der Waals surface area contributed by atoms with E-state index < -0.39 is 11.8 Å². The lowest BCUT2D eigenvalue weighted by Crippen LogP contribution is -2.45. The van der Waals surface area contributed by atoms with Gasteiger partial charge in [0, 0.05) is 18.8 Å². The van der Waals surface area contributed by atoms with Crippen LogP contribution in [0.5, 0.6) is 0 Å². The molecule has 3 amide bonds. The fourth-order valence-corrected chi connectivity index (χ4v) is 3.53. The summed E-state index contributed by atoms with van der Waals surface area (Å²) in [6.07, 6.45) is 2.92. The van der Waals surface area contributed by atoms with E-state index >= 15 is 0 Å². The van der Waals surface area contributed by atoms with Gasteiger partial charge in [0.25, 0.3) is 0 Å². The van der Waals surface area contributed by atoms with Gasteiger partial charge in [-0.2, -0.15) is 0 Å². The number of hydrogen-bond donors (Lipinski definition) is 1. The molecule has 3 aromatic rings. The summed E-state index contributed by atoms with van der Waals surface area (Å²) in [4.78, 5) is 29.2. The molecule has 0 unspecified atom stereocenters. The highest BCUT2D eigenvalue weighted by Gasteiger charge is 2.22. The molecule has 0 bridgehead atoms. The van der Waals surface area contributed by atoms with Crippen molar-refractivity contribution >= 4 is 29.2 Å². The monoisotopic (exact) mass is 471 g/mol. The maximum Gasteiger partial charge on any atom is 0.322 e. The summed E-state index contributed by atoms with van der Waals surface area (Å²) in [5, 5.41) is 2.60. The van der Waals surface area contributed by atoms with Crippen LogP contribution >= 0.6 is 11.6 Å². The Kier molecular flexibility index (Phi) is 8.89. The number of hydrogen-bond acceptors (Lipinski definition) is 3. The van der Waals surface area contributed by atoms with Crippen LogP contribution in [-0.2, 0) is 17.8 Å². The van der Waals surface area contributed by atoms with E-state index in [1.165, 1.54) is 23.1 Å². The van der Waals surface area contributed by atoms with Gasteiger partial charge in [-0.05, 0) is 48.7 Å². The van der Waals surface area contributed by atoms with E-state index in [9.17, 15) is 14.0 Å². The van der Waals surface area contributed by atoms with Gasteiger partial charge in [0.2, 0.25) is 5.91 Å². The number of amides is 3. The SMILES string of the molecule is CCCN(CC(=O)N(CCc1ccccc1)Cc1ccco1)C(=O)Nc1ccc(F)c(Cl)c1. The Morgan fingerprint density at radius 1 is 1.03 bits per heavy atom. The van der Waals surface area contributed by atoms with E-state index in [1.54, 1.807) is 17.2 Å². The number of nitrogens with one attached hydrogen (secondary N) is 1. The Hall–Kier alpha value is -3.32. The molecule has 0 fully saturated rings. The topological polar surface area (TPSA) is 65.8 Å². The predicted octanol–water partition coefficient (Wildman–Crippen LogP) is 5.59. The van der Waals surface area contributed by atoms with Crippen molar-refractivity contribution in [1.29, 1.82) is 0 Å². The number of carbonyl (C=O) groups excluding carboxylic acids is 2. The average Bonchev–Trinajstić information content (AvgIpc) is 3.32. The molecule has 1 heterocycles. The van der Waals surface area contributed by atoms with Crippen LogP contribution in [0.3, 0.4) is 0 Å². The zero-order valence-corrected chi connectivity index (χ0v) is 19.2. The van der Waals surface area contributed by atoms with Crippen molar-refractivity contribution in [2.45, 2.75) is 26.3 Å². The smallest absolute Gasteiger partial charge is 0.322 e. The number of furan rings is 1. The van der Waals surface area contributed by atoms with Crippen molar-refractivity contribution in [2.75, 3.05) is 25.0 Å². The molecule has 0 aliphatic carbocycles. The molecule has 0 radical (unpaired) electrons. The number of benzene rings is 2. The number of carbonyl (C=O) groups is 2. The molecule has 3 rings (SSSR count). The van der Waals surface area contributed by atoms with E-state index in [4.69, 9.17) is 16.0 Å². The molecule has 0 saturated carbocycles. The van der Waals surface area contributed by atoms with Gasteiger partial charge in [0.1, 0.15) is 18.1 Å². The third-order valence-electron chi connectivity index (χ3n) is 5.07. The molecule has 1 aromatic heterocycles. The number of halogens is 2. The molecule has 0 atom stereocenters. The van der Waals surface area contributed by atoms with Crippen LogP contribution in [0.1, 0.15) is 24.7 Å². The van der Waals surface area contributed by atoms with E-state index in [0.717, 1.165) is 5.56 Å². The van der Waals surface area contributed by atoms with Crippen LogP contribution in [0.15, 0.2) is 71.3 Å². The summed E-state index contributed by atoms with van der Waals surface area (Å²) in [6.45, 7) is 3.02. The molecule has 174 valence electrons. The Bertz CT molecular complexity index is 1040. The number of nitrogens with zero attached hydrogens (tertiary/aromatic N) is 2. The minimum absolute atomic E-state index is 0.0866. The Balaban J connectivity index is 1.68. The van der Waals surface area contributed by atoms with Gasteiger partial charge in [0.05, 0.1) is 17.8 Å². The van der Waals surface area contributed by atoms with Gasteiger partial charge in [-0.3, -0.25) is 4.79 Å². The van der Waals surface area contributed by atoms with E-state index in [0.29, 0.717) is 43.9 Å². The number of urea groups is 1. The van der Waals surface area contributed by atoms with Crippen LogP contribution in [0, 0.1) is 5.82 Å². The van der Waals surface area contributed by atoms with Crippen molar-refractivity contribution in [1.82, 2.24) is 9.80 Å². The first-order valence-electron chi connectivity index (χ1n) is 10.8. The first kappa shape index (κ1) is 24.3. The Labute approximate surface area is 197 Å². The summed E-state index contributed by atoms with van der Waals surface area (Å²) in [5.41, 5.74) is 1.47. The second-order valence-electron chi connectivity index (χ2n) is 7.61. The van der Waals surface area contributed by atoms with Crippen molar-refractivity contribution < 1.29 is 18.4 Å². The highest BCUT2D eigenvalue weighted by molar-refractivity contribution is 6.31. The van der Waals surface area contributed by atoms with Gasteiger partial charge >= 0.3 is 6.03 Å². The Morgan fingerprint density at radius 2 is 1.82 bits per heavy atom. The maximum absolute atomic E-state index is 13.4. The summed E-state index contributed by atoms with van der Waals surface area (Å²) in [5.74, 6) is -0.0887. The highest BCUT2D eigenvalue weighted by atomic mass is 35.5. The molecular weight excluding hydrogens is 445 g/mol. The lowest BCUT2D eigenvalue weighted by atomic mass is 10.1. The largest absolute Gasteiger partial charge is 0.467 e. The first-order chi connectivity index (χ1) is 16.0. The average molecular weight is 472 g/mol. The molecule has 1 N–H and O–H groups in total. The first-order valence-corrected chi connectivity index (χ1v) is 11.2. The zero-order valence-electron chi connectivity index (χ0n) is 18.5. The van der Waals surface area contributed by atoms with Crippen LogP contribution in [-0.4, -0.2) is 41.4 Å². The van der Waals surface area contributed by atoms with Crippen molar-refractivity contribution in [2.24, 2.45) is 0 Å². The van der Waals surface area contributed by atoms with Crippen LogP contribution in [0.25, 0.3) is 0 Å². The molecule has 0 aliphatic rings. The Morgan fingerprint density at radius 3 is 2.48 bits per heavy atom. The summed E-state index contributed by atoms with van der Waals surface area (Å²) >= 11 is 5.81. The normalized spacial score (nSPS) is 10.6. The predicted molar refractivity (Wildman–Crippen MR) is 127 cm³/mol. The molecule has 0 spiro atoms. The second-order valence-corrected chi connectivity index (χ2v) is 8.02. The highest BCUT2D eigenvalue weighted by Crippen LogP contribution is 2.20. The second kappa shape index (κ2) is 12.1.